The molecular weight excluding hydrogens is 374 g/mol. The number of nitrogens with two attached hydrogens (primary N) is 1. The Morgan fingerprint density at radius 1 is 1.10 bits per heavy atom. The zero-order valence-corrected chi connectivity index (χ0v) is 18.1. The standard InChI is InChI=1S/C25H33N3O2/c1-3-20-23(26)21-16-18(25(29)28-14-6-5-7-15-28)10-13-22(21)27-24(20)17-8-11-19(12-9-17)30-4-2/h8-13,16,20,23-24,27H,3-7,14-15,26H2,1-2H3/t20?,23-,24?/m0/s1. The minimum Gasteiger partial charge on any atom is -0.494 e. The molecule has 0 aliphatic carbocycles. The number of likely N-dealkylation sites (tertiary alicyclic amines) is 1. The maximum absolute atomic E-state index is 13.0. The van der Waals surface area contributed by atoms with E-state index in [0.29, 0.717) is 6.61 Å². The van der Waals surface area contributed by atoms with Crippen LogP contribution >= 0.6 is 0 Å². The van der Waals surface area contributed by atoms with Gasteiger partial charge in [0.2, 0.25) is 0 Å². The van der Waals surface area contributed by atoms with Crippen LogP contribution in [0.2, 0.25) is 0 Å². The van der Waals surface area contributed by atoms with Gasteiger partial charge in [-0.3, -0.25) is 4.79 Å². The van der Waals surface area contributed by atoms with Crippen molar-refractivity contribution in [2.24, 2.45) is 11.7 Å². The van der Waals surface area contributed by atoms with Gasteiger partial charge in [0, 0.05) is 36.3 Å². The minimum absolute atomic E-state index is 0.114. The predicted octanol–water partition coefficient (Wildman–Crippen LogP) is 4.90. The second-order valence-electron chi connectivity index (χ2n) is 8.38. The van der Waals surface area contributed by atoms with Gasteiger partial charge in [0.25, 0.3) is 5.91 Å². The molecule has 0 radical (unpaired) electrons. The largest absolute Gasteiger partial charge is 0.494 e. The Morgan fingerprint density at radius 3 is 2.50 bits per heavy atom. The fourth-order valence-corrected chi connectivity index (χ4v) is 4.85. The van der Waals surface area contributed by atoms with E-state index in [1.807, 2.05) is 42.2 Å². The zero-order chi connectivity index (χ0) is 21.1. The zero-order valence-electron chi connectivity index (χ0n) is 18.1. The van der Waals surface area contributed by atoms with Gasteiger partial charge in [-0.05, 0) is 74.1 Å². The number of fused-ring (bicyclic) bond motifs is 1. The molecule has 160 valence electrons. The van der Waals surface area contributed by atoms with Crippen LogP contribution in [0.25, 0.3) is 0 Å². The number of hydrogen-bond acceptors (Lipinski definition) is 4. The van der Waals surface area contributed by atoms with E-state index in [0.717, 1.165) is 54.9 Å². The highest BCUT2D eigenvalue weighted by Gasteiger charge is 2.35. The Bertz CT molecular complexity index is 874. The van der Waals surface area contributed by atoms with E-state index in [1.54, 1.807) is 0 Å². The number of ether oxygens (including phenoxy) is 1. The summed E-state index contributed by atoms with van der Waals surface area (Å²) in [5.41, 5.74) is 10.8. The Balaban J connectivity index is 1.59. The molecule has 1 fully saturated rings. The highest BCUT2D eigenvalue weighted by molar-refractivity contribution is 5.95. The molecule has 4 rings (SSSR count). The van der Waals surface area contributed by atoms with Crippen LogP contribution in [0.4, 0.5) is 5.69 Å². The molecule has 0 saturated carbocycles. The van der Waals surface area contributed by atoms with Crippen molar-refractivity contribution >= 4 is 11.6 Å². The molecule has 0 aromatic heterocycles. The molecule has 0 spiro atoms. The van der Waals surface area contributed by atoms with Gasteiger partial charge in [-0.15, -0.1) is 0 Å². The summed E-state index contributed by atoms with van der Waals surface area (Å²) >= 11 is 0. The molecule has 2 aliphatic rings. The van der Waals surface area contributed by atoms with E-state index < -0.39 is 0 Å². The Kier molecular flexibility index (Phi) is 6.28. The van der Waals surface area contributed by atoms with Gasteiger partial charge in [-0.2, -0.15) is 0 Å². The van der Waals surface area contributed by atoms with E-state index in [4.69, 9.17) is 10.5 Å². The average Bonchev–Trinajstić information content (AvgIpc) is 2.79. The molecule has 1 amide bonds. The fourth-order valence-electron chi connectivity index (χ4n) is 4.85. The number of amides is 1. The number of piperidine rings is 1. The Labute approximate surface area is 179 Å². The first-order valence-corrected chi connectivity index (χ1v) is 11.3. The lowest BCUT2D eigenvalue weighted by Gasteiger charge is -2.39. The summed E-state index contributed by atoms with van der Waals surface area (Å²) in [4.78, 5) is 14.9. The van der Waals surface area contributed by atoms with Gasteiger partial charge in [0.1, 0.15) is 5.75 Å². The molecule has 30 heavy (non-hydrogen) atoms. The molecule has 2 unspecified atom stereocenters. The Morgan fingerprint density at radius 2 is 1.83 bits per heavy atom. The van der Waals surface area contributed by atoms with Gasteiger partial charge in [-0.25, -0.2) is 0 Å². The maximum Gasteiger partial charge on any atom is 0.253 e. The molecule has 5 heteroatoms. The van der Waals surface area contributed by atoms with Gasteiger partial charge in [0.15, 0.2) is 0 Å². The normalized spacial score (nSPS) is 23.4. The minimum atomic E-state index is -0.114. The van der Waals surface area contributed by atoms with Gasteiger partial charge in [-0.1, -0.05) is 19.1 Å². The predicted molar refractivity (Wildman–Crippen MR) is 121 cm³/mol. The summed E-state index contributed by atoms with van der Waals surface area (Å²) in [6.07, 6.45) is 4.36. The van der Waals surface area contributed by atoms with Crippen molar-refractivity contribution in [2.75, 3.05) is 25.0 Å². The average molecular weight is 408 g/mol. The quantitative estimate of drug-likeness (QED) is 0.739. The third kappa shape index (κ3) is 4.04. The third-order valence-corrected chi connectivity index (χ3v) is 6.52. The molecule has 2 aromatic rings. The van der Waals surface area contributed by atoms with Gasteiger partial charge >= 0.3 is 0 Å². The summed E-state index contributed by atoms with van der Waals surface area (Å²) < 4.78 is 5.58. The molecule has 0 bridgehead atoms. The van der Waals surface area contributed by atoms with Crippen LogP contribution in [0.3, 0.4) is 0 Å². The van der Waals surface area contributed by atoms with Gasteiger partial charge < -0.3 is 20.7 Å². The number of anilines is 1. The number of carbonyl (C=O) groups excluding carboxylic acids is 1. The van der Waals surface area contributed by atoms with Crippen LogP contribution in [0, 0.1) is 5.92 Å². The molecule has 2 aromatic carbocycles. The topological polar surface area (TPSA) is 67.6 Å². The second kappa shape index (κ2) is 9.09. The number of hydrogen-bond donors (Lipinski definition) is 2. The van der Waals surface area contributed by atoms with E-state index in [9.17, 15) is 4.79 Å². The summed E-state index contributed by atoms with van der Waals surface area (Å²) in [5.74, 6) is 1.26. The lowest BCUT2D eigenvalue weighted by Crippen LogP contribution is -2.37. The first kappa shape index (κ1) is 20.7. The number of carbonyl (C=O) groups is 1. The van der Waals surface area contributed by atoms with Crippen molar-refractivity contribution in [1.29, 1.82) is 0 Å². The first-order valence-electron chi connectivity index (χ1n) is 11.3. The van der Waals surface area contributed by atoms with Crippen LogP contribution in [0.5, 0.6) is 5.75 Å². The third-order valence-electron chi connectivity index (χ3n) is 6.52. The van der Waals surface area contributed by atoms with Crippen LogP contribution < -0.4 is 15.8 Å². The van der Waals surface area contributed by atoms with E-state index in [1.165, 1.54) is 12.0 Å². The first-order chi connectivity index (χ1) is 14.6. The van der Waals surface area contributed by atoms with E-state index >= 15 is 0 Å². The number of nitrogens with one attached hydrogen (secondary N) is 1. The second-order valence-corrected chi connectivity index (χ2v) is 8.38. The van der Waals surface area contributed by atoms with Crippen LogP contribution in [-0.2, 0) is 0 Å². The lowest BCUT2D eigenvalue weighted by molar-refractivity contribution is 0.0724. The monoisotopic (exact) mass is 407 g/mol. The molecule has 3 atom stereocenters. The summed E-state index contributed by atoms with van der Waals surface area (Å²) in [7, 11) is 0. The highest BCUT2D eigenvalue weighted by atomic mass is 16.5. The van der Waals surface area contributed by atoms with Crippen molar-refractivity contribution in [3.05, 3.63) is 59.2 Å². The maximum atomic E-state index is 13.0. The molecule has 2 heterocycles. The van der Waals surface area contributed by atoms with E-state index in [-0.39, 0.29) is 23.9 Å². The van der Waals surface area contributed by atoms with Crippen molar-refractivity contribution in [3.63, 3.8) is 0 Å². The summed E-state index contributed by atoms with van der Waals surface area (Å²) in [6.45, 7) is 6.55. The molecule has 1 saturated heterocycles. The van der Waals surface area contributed by atoms with Crippen molar-refractivity contribution in [1.82, 2.24) is 4.90 Å². The van der Waals surface area contributed by atoms with Crippen LogP contribution in [-0.4, -0.2) is 30.5 Å². The van der Waals surface area contributed by atoms with Crippen molar-refractivity contribution < 1.29 is 9.53 Å². The van der Waals surface area contributed by atoms with Crippen LogP contribution in [0.15, 0.2) is 42.5 Å². The molecule has 2 aliphatic heterocycles. The summed E-state index contributed by atoms with van der Waals surface area (Å²) in [5, 5.41) is 3.70. The van der Waals surface area contributed by atoms with E-state index in [2.05, 4.69) is 24.4 Å². The number of rotatable bonds is 5. The molecular formula is C25H33N3O2. The molecule has 5 nitrogen and oxygen atoms in total. The summed E-state index contributed by atoms with van der Waals surface area (Å²) in [6, 6.07) is 14.3. The SMILES string of the molecule is CCOc1ccc(C2Nc3ccc(C(=O)N4CCCCC4)cc3[C@@H](N)C2CC)cc1. The number of nitrogens with zero attached hydrogens (tertiary/aromatic N) is 1. The Hall–Kier alpha value is -2.53. The number of benzene rings is 2. The highest BCUT2D eigenvalue weighted by Crippen LogP contribution is 2.44. The van der Waals surface area contributed by atoms with Gasteiger partial charge in [0.05, 0.1) is 12.6 Å². The fraction of sp³-hybridized carbons (Fsp3) is 0.480. The van der Waals surface area contributed by atoms with Crippen molar-refractivity contribution in [2.45, 2.75) is 51.6 Å². The van der Waals surface area contributed by atoms with Crippen molar-refractivity contribution in [3.8, 4) is 5.75 Å². The van der Waals surface area contributed by atoms with Crippen LogP contribution in [0.1, 0.15) is 73.1 Å². The lowest BCUT2D eigenvalue weighted by atomic mass is 9.78. The molecule has 3 N–H and O–H groups in total. The smallest absolute Gasteiger partial charge is 0.253 e.